The second-order valence-corrected chi connectivity index (χ2v) is 6.42. The summed E-state index contributed by atoms with van der Waals surface area (Å²) in [5.41, 5.74) is 0.224. The quantitative estimate of drug-likeness (QED) is 0.917. The van der Waals surface area contributed by atoms with Crippen molar-refractivity contribution in [3.05, 3.63) is 60.4 Å². The summed E-state index contributed by atoms with van der Waals surface area (Å²) in [6, 6.07) is 10.8. The lowest BCUT2D eigenvalue weighted by Gasteiger charge is -2.28. The number of sulfonamides is 1. The van der Waals surface area contributed by atoms with Crippen LogP contribution >= 0.6 is 0 Å². The number of carbonyl (C=O) groups is 1. The number of carboxylic acid groups (broad SMARTS) is 1. The Hall–Kier alpha value is -2.41. The third-order valence-corrected chi connectivity index (χ3v) is 5.00. The van der Waals surface area contributed by atoms with E-state index in [-0.39, 0.29) is 10.6 Å². The van der Waals surface area contributed by atoms with E-state index in [1.807, 2.05) is 0 Å². The van der Waals surface area contributed by atoms with Crippen LogP contribution in [-0.2, 0) is 14.8 Å². The van der Waals surface area contributed by atoms with Crippen LogP contribution in [0.15, 0.2) is 59.5 Å². The minimum atomic E-state index is -4.13. The van der Waals surface area contributed by atoms with Crippen LogP contribution in [0, 0.1) is 5.82 Å². The zero-order valence-corrected chi connectivity index (χ0v) is 12.5. The van der Waals surface area contributed by atoms with Crippen LogP contribution in [-0.4, -0.2) is 25.5 Å². The summed E-state index contributed by atoms with van der Waals surface area (Å²) < 4.78 is 39.3. The second-order valence-electron chi connectivity index (χ2n) is 4.60. The van der Waals surface area contributed by atoms with E-state index in [4.69, 9.17) is 0 Å². The van der Waals surface area contributed by atoms with E-state index in [1.165, 1.54) is 19.1 Å². The predicted molar refractivity (Wildman–Crippen MR) is 79.6 cm³/mol. The van der Waals surface area contributed by atoms with Crippen molar-refractivity contribution >= 4 is 21.7 Å². The van der Waals surface area contributed by atoms with Crippen LogP contribution in [0.3, 0.4) is 0 Å². The average molecular weight is 323 g/mol. The molecule has 5 nitrogen and oxygen atoms in total. The number of hydrogen-bond acceptors (Lipinski definition) is 3. The summed E-state index contributed by atoms with van der Waals surface area (Å²) in [6.07, 6.45) is 0. The van der Waals surface area contributed by atoms with Crippen molar-refractivity contribution in [3.8, 4) is 0 Å². The van der Waals surface area contributed by atoms with Gasteiger partial charge in [-0.3, -0.25) is 4.31 Å². The molecule has 0 bridgehead atoms. The number of aliphatic carboxylic acids is 1. The lowest BCUT2D eigenvalue weighted by molar-refractivity contribution is -0.137. The zero-order valence-electron chi connectivity index (χ0n) is 11.7. The fourth-order valence-corrected chi connectivity index (χ4v) is 3.58. The van der Waals surface area contributed by atoms with Crippen LogP contribution in [0.25, 0.3) is 0 Å². The van der Waals surface area contributed by atoms with Crippen molar-refractivity contribution in [3.63, 3.8) is 0 Å². The van der Waals surface area contributed by atoms with Gasteiger partial charge < -0.3 is 5.11 Å². The smallest absolute Gasteiger partial charge is 0.327 e. The first kappa shape index (κ1) is 16.0. The standard InChI is InChI=1S/C15H14FNO4S/c1-11(15(18)19)17(13-5-3-2-4-6-13)22(20,21)14-9-7-12(16)8-10-14/h2-11H,1H3,(H,18,19). The molecule has 0 radical (unpaired) electrons. The third-order valence-electron chi connectivity index (χ3n) is 3.09. The second kappa shape index (κ2) is 6.15. The van der Waals surface area contributed by atoms with Gasteiger partial charge in [0, 0.05) is 0 Å². The van der Waals surface area contributed by atoms with E-state index in [0.717, 1.165) is 28.6 Å². The van der Waals surface area contributed by atoms with Gasteiger partial charge in [0.2, 0.25) is 0 Å². The molecule has 116 valence electrons. The Morgan fingerprint density at radius 2 is 1.64 bits per heavy atom. The van der Waals surface area contributed by atoms with Gasteiger partial charge in [0.1, 0.15) is 11.9 Å². The summed E-state index contributed by atoms with van der Waals surface area (Å²) >= 11 is 0. The van der Waals surface area contributed by atoms with E-state index in [2.05, 4.69) is 0 Å². The number of benzene rings is 2. The van der Waals surface area contributed by atoms with Crippen LogP contribution in [0.1, 0.15) is 6.92 Å². The Morgan fingerprint density at radius 3 is 2.14 bits per heavy atom. The molecule has 0 aromatic heterocycles. The highest BCUT2D eigenvalue weighted by atomic mass is 32.2. The van der Waals surface area contributed by atoms with Crippen molar-refractivity contribution in [2.75, 3.05) is 4.31 Å². The molecule has 1 unspecified atom stereocenters. The van der Waals surface area contributed by atoms with E-state index in [1.54, 1.807) is 18.2 Å². The molecule has 0 aliphatic carbocycles. The molecule has 0 fully saturated rings. The van der Waals surface area contributed by atoms with Gasteiger partial charge in [-0.15, -0.1) is 0 Å². The predicted octanol–water partition coefficient (Wildman–Crippen LogP) is 2.49. The molecule has 7 heteroatoms. The number of anilines is 1. The number of hydrogen-bond donors (Lipinski definition) is 1. The number of nitrogens with zero attached hydrogens (tertiary/aromatic N) is 1. The molecule has 2 aromatic rings. The summed E-state index contributed by atoms with van der Waals surface area (Å²) in [5, 5.41) is 9.20. The van der Waals surface area contributed by atoms with Crippen LogP contribution < -0.4 is 4.31 Å². The monoisotopic (exact) mass is 323 g/mol. The summed E-state index contributed by atoms with van der Waals surface area (Å²) in [6.45, 7) is 1.27. The first-order chi connectivity index (χ1) is 10.3. The molecule has 0 spiro atoms. The average Bonchev–Trinajstić information content (AvgIpc) is 2.48. The minimum absolute atomic E-state index is 0.175. The Balaban J connectivity index is 2.58. The van der Waals surface area contributed by atoms with Gasteiger partial charge in [0.15, 0.2) is 0 Å². The van der Waals surface area contributed by atoms with Gasteiger partial charge in [-0.05, 0) is 43.3 Å². The maximum absolute atomic E-state index is 13.0. The highest BCUT2D eigenvalue weighted by Crippen LogP contribution is 2.26. The molecule has 0 saturated carbocycles. The van der Waals surface area contributed by atoms with Gasteiger partial charge >= 0.3 is 5.97 Å². The molecule has 2 aromatic carbocycles. The number of carboxylic acids is 1. The van der Waals surface area contributed by atoms with Crippen LogP contribution in [0.5, 0.6) is 0 Å². The molecule has 1 atom stereocenters. The highest BCUT2D eigenvalue weighted by Gasteiger charge is 2.33. The third kappa shape index (κ3) is 3.09. The Bertz CT molecular complexity index is 760. The van der Waals surface area contributed by atoms with Crippen molar-refractivity contribution in [2.24, 2.45) is 0 Å². The zero-order chi connectivity index (χ0) is 16.3. The van der Waals surface area contributed by atoms with E-state index in [9.17, 15) is 22.7 Å². The van der Waals surface area contributed by atoms with E-state index >= 15 is 0 Å². The van der Waals surface area contributed by atoms with Gasteiger partial charge in [-0.1, -0.05) is 18.2 Å². The van der Waals surface area contributed by atoms with E-state index in [0.29, 0.717) is 0 Å². The normalized spacial score (nSPS) is 12.6. The molecule has 22 heavy (non-hydrogen) atoms. The SMILES string of the molecule is CC(C(=O)O)N(c1ccccc1)S(=O)(=O)c1ccc(F)cc1. The fourth-order valence-electron chi connectivity index (χ4n) is 1.97. The summed E-state index contributed by atoms with van der Waals surface area (Å²) in [4.78, 5) is 11.1. The number of para-hydroxylation sites is 1. The van der Waals surface area contributed by atoms with Crippen molar-refractivity contribution in [2.45, 2.75) is 17.9 Å². The topological polar surface area (TPSA) is 74.7 Å². The molecule has 2 rings (SSSR count). The molecule has 1 N–H and O–H groups in total. The Kier molecular flexibility index (Phi) is 4.46. The first-order valence-corrected chi connectivity index (χ1v) is 7.86. The van der Waals surface area contributed by atoms with Crippen molar-refractivity contribution in [1.82, 2.24) is 0 Å². The molecular formula is C15H14FNO4S. The molecular weight excluding hydrogens is 309 g/mol. The summed E-state index contributed by atoms with van der Waals surface area (Å²) in [7, 11) is -4.13. The van der Waals surface area contributed by atoms with Crippen molar-refractivity contribution < 1.29 is 22.7 Å². The maximum atomic E-state index is 13.0. The molecule has 0 heterocycles. The highest BCUT2D eigenvalue weighted by molar-refractivity contribution is 7.92. The fraction of sp³-hybridized carbons (Fsp3) is 0.133. The Morgan fingerprint density at radius 1 is 1.09 bits per heavy atom. The number of halogens is 1. The van der Waals surface area contributed by atoms with Gasteiger partial charge in [-0.2, -0.15) is 0 Å². The maximum Gasteiger partial charge on any atom is 0.327 e. The first-order valence-electron chi connectivity index (χ1n) is 6.42. The minimum Gasteiger partial charge on any atom is -0.480 e. The largest absolute Gasteiger partial charge is 0.480 e. The van der Waals surface area contributed by atoms with Crippen molar-refractivity contribution in [1.29, 1.82) is 0 Å². The molecule has 0 aliphatic rings. The lowest BCUT2D eigenvalue weighted by Crippen LogP contribution is -2.43. The number of rotatable bonds is 5. The lowest BCUT2D eigenvalue weighted by atomic mass is 10.2. The molecule has 0 aliphatic heterocycles. The van der Waals surface area contributed by atoms with Crippen LogP contribution in [0.2, 0.25) is 0 Å². The molecule has 0 saturated heterocycles. The van der Waals surface area contributed by atoms with E-state index < -0.39 is 27.9 Å². The van der Waals surface area contributed by atoms with Gasteiger partial charge in [0.25, 0.3) is 10.0 Å². The Labute approximate surface area is 127 Å². The molecule has 0 amide bonds. The van der Waals surface area contributed by atoms with Crippen LogP contribution in [0.4, 0.5) is 10.1 Å². The van der Waals surface area contributed by atoms with Gasteiger partial charge in [0.05, 0.1) is 10.6 Å². The summed E-state index contributed by atoms with van der Waals surface area (Å²) in [5.74, 6) is -1.86. The van der Waals surface area contributed by atoms with Gasteiger partial charge in [-0.25, -0.2) is 17.6 Å².